The average Bonchev–Trinajstić information content (AvgIpc) is 2.35. The van der Waals surface area contributed by atoms with Crippen LogP contribution in [0.4, 0.5) is 0 Å². The van der Waals surface area contributed by atoms with E-state index in [0.717, 1.165) is 11.8 Å². The van der Waals surface area contributed by atoms with Gasteiger partial charge in [0.05, 0.1) is 12.5 Å². The minimum atomic E-state index is -0.783. The third-order valence-corrected chi connectivity index (χ3v) is 5.71. The van der Waals surface area contributed by atoms with E-state index >= 15 is 0 Å². The number of carbonyl (C=O) groups excluding carboxylic acids is 2. The molecule has 1 unspecified atom stereocenters. The Morgan fingerprint density at radius 2 is 1.57 bits per heavy atom. The van der Waals surface area contributed by atoms with E-state index < -0.39 is 11.9 Å². The summed E-state index contributed by atoms with van der Waals surface area (Å²) in [7, 11) is 1.86. The normalized spacial score (nSPS) is 37.7. The first-order valence-electron chi connectivity index (χ1n) is 7.76. The minimum Gasteiger partial charge on any atom is -0.370 e. The maximum absolute atomic E-state index is 12.4. The summed E-state index contributed by atoms with van der Waals surface area (Å²) in [6.45, 7) is 0. The van der Waals surface area contributed by atoms with E-state index in [9.17, 15) is 9.59 Å². The molecule has 21 heavy (non-hydrogen) atoms. The van der Waals surface area contributed by atoms with Crippen LogP contribution in [0.2, 0.25) is 0 Å². The fourth-order valence-electron chi connectivity index (χ4n) is 5.24. The van der Waals surface area contributed by atoms with Gasteiger partial charge in [0.2, 0.25) is 11.8 Å². The van der Waals surface area contributed by atoms with Crippen molar-refractivity contribution in [1.82, 2.24) is 4.90 Å². The van der Waals surface area contributed by atoms with Crippen LogP contribution in [0, 0.1) is 23.7 Å². The zero-order valence-electron chi connectivity index (χ0n) is 12.5. The maximum atomic E-state index is 12.4. The zero-order valence-corrected chi connectivity index (χ0v) is 13.3. The molecule has 4 N–H and O–H groups in total. The number of halogens is 1. The van der Waals surface area contributed by atoms with Gasteiger partial charge in [-0.1, -0.05) is 0 Å². The molecule has 0 aliphatic heterocycles. The Balaban J connectivity index is 0.00000161. The second-order valence-corrected chi connectivity index (χ2v) is 7.15. The van der Waals surface area contributed by atoms with E-state index in [1.54, 1.807) is 0 Å². The lowest BCUT2D eigenvalue weighted by Crippen LogP contribution is -2.58. The number of nitrogens with zero attached hydrogens (tertiary/aromatic N) is 1. The second-order valence-electron chi connectivity index (χ2n) is 7.15. The molecule has 6 heteroatoms. The summed E-state index contributed by atoms with van der Waals surface area (Å²) in [6, 6.07) is -0.455. The Kier molecular flexibility index (Phi) is 4.83. The fourth-order valence-corrected chi connectivity index (χ4v) is 5.24. The Labute approximate surface area is 132 Å². The van der Waals surface area contributed by atoms with Crippen LogP contribution in [-0.2, 0) is 9.59 Å². The molecule has 4 aliphatic carbocycles. The first-order chi connectivity index (χ1) is 9.45. The van der Waals surface area contributed by atoms with Gasteiger partial charge in [0, 0.05) is 13.1 Å². The summed E-state index contributed by atoms with van der Waals surface area (Å²) < 4.78 is 0. The van der Waals surface area contributed by atoms with Gasteiger partial charge in [0.25, 0.3) is 0 Å². The molecule has 0 spiro atoms. The third kappa shape index (κ3) is 3.04. The van der Waals surface area contributed by atoms with Crippen molar-refractivity contribution in [1.29, 1.82) is 0 Å². The molecule has 4 bridgehead atoms. The number of likely N-dealkylation sites (N-methyl/N-ethyl adjacent to an activating group) is 1. The molecular formula is C15H26ClN3O2. The Morgan fingerprint density at radius 3 is 2.00 bits per heavy atom. The predicted molar refractivity (Wildman–Crippen MR) is 82.6 cm³/mol. The number of nitrogens with two attached hydrogens (primary N) is 2. The number of hydrogen-bond donors (Lipinski definition) is 2. The van der Waals surface area contributed by atoms with Gasteiger partial charge in [-0.15, -0.1) is 12.4 Å². The van der Waals surface area contributed by atoms with Gasteiger partial charge in [-0.05, 0) is 55.8 Å². The standard InChI is InChI=1S/C15H25N3O2.ClH/c1-18(15(20)12(16)7-13(17)19)14-10-3-8-2-9(5-10)6-11(14)4-8;/h8-12,14H,2-7,16H2,1H3,(H2,17,19);1H. The molecule has 1 atom stereocenters. The molecule has 0 aromatic heterocycles. The van der Waals surface area contributed by atoms with Crippen molar-refractivity contribution in [3.8, 4) is 0 Å². The van der Waals surface area contributed by atoms with E-state index in [2.05, 4.69) is 0 Å². The van der Waals surface area contributed by atoms with Crippen molar-refractivity contribution in [2.24, 2.45) is 35.1 Å². The number of hydrogen-bond acceptors (Lipinski definition) is 3. The lowest BCUT2D eigenvalue weighted by molar-refractivity contribution is -0.143. The number of rotatable bonds is 4. The molecule has 4 aliphatic rings. The Morgan fingerprint density at radius 1 is 1.10 bits per heavy atom. The molecule has 0 radical (unpaired) electrons. The summed E-state index contributed by atoms with van der Waals surface area (Å²) in [5.41, 5.74) is 11.0. The molecule has 2 amide bonds. The molecule has 4 rings (SSSR count). The van der Waals surface area contributed by atoms with Crippen LogP contribution in [0.3, 0.4) is 0 Å². The van der Waals surface area contributed by atoms with Crippen molar-refractivity contribution < 1.29 is 9.59 Å². The minimum absolute atomic E-state index is 0. The summed E-state index contributed by atoms with van der Waals surface area (Å²) in [5, 5.41) is 0. The van der Waals surface area contributed by atoms with Crippen LogP contribution < -0.4 is 11.5 Å². The van der Waals surface area contributed by atoms with E-state index in [1.165, 1.54) is 32.1 Å². The largest absolute Gasteiger partial charge is 0.370 e. The predicted octanol–water partition coefficient (Wildman–Crippen LogP) is 0.894. The van der Waals surface area contributed by atoms with Gasteiger partial charge in [-0.25, -0.2) is 0 Å². The van der Waals surface area contributed by atoms with Crippen molar-refractivity contribution in [3.63, 3.8) is 0 Å². The fraction of sp³-hybridized carbons (Fsp3) is 0.867. The number of amides is 2. The third-order valence-electron chi connectivity index (χ3n) is 5.71. The lowest BCUT2D eigenvalue weighted by atomic mass is 9.54. The van der Waals surface area contributed by atoms with Crippen molar-refractivity contribution in [3.05, 3.63) is 0 Å². The highest BCUT2D eigenvalue weighted by atomic mass is 35.5. The van der Waals surface area contributed by atoms with Crippen LogP contribution in [-0.4, -0.2) is 35.8 Å². The van der Waals surface area contributed by atoms with Crippen LogP contribution in [0.1, 0.15) is 38.5 Å². The van der Waals surface area contributed by atoms with Gasteiger partial charge in [-0.2, -0.15) is 0 Å². The van der Waals surface area contributed by atoms with Gasteiger partial charge in [-0.3, -0.25) is 9.59 Å². The molecule has 5 nitrogen and oxygen atoms in total. The average molecular weight is 316 g/mol. The molecule has 4 fully saturated rings. The summed E-state index contributed by atoms with van der Waals surface area (Å²) >= 11 is 0. The van der Waals surface area contributed by atoms with E-state index in [0.29, 0.717) is 17.9 Å². The smallest absolute Gasteiger partial charge is 0.240 e. The van der Waals surface area contributed by atoms with E-state index in [4.69, 9.17) is 11.5 Å². The van der Waals surface area contributed by atoms with E-state index in [1.807, 2.05) is 11.9 Å². The van der Waals surface area contributed by atoms with Crippen LogP contribution in [0.25, 0.3) is 0 Å². The Bertz CT molecular complexity index is 401. The number of carbonyl (C=O) groups is 2. The van der Waals surface area contributed by atoms with Gasteiger partial charge < -0.3 is 16.4 Å². The van der Waals surface area contributed by atoms with Crippen LogP contribution in [0.5, 0.6) is 0 Å². The topological polar surface area (TPSA) is 89.4 Å². The van der Waals surface area contributed by atoms with Crippen molar-refractivity contribution >= 4 is 24.2 Å². The lowest BCUT2D eigenvalue weighted by Gasteiger charge is -2.56. The highest BCUT2D eigenvalue weighted by Gasteiger charge is 2.50. The molecule has 0 aromatic carbocycles. The molecule has 4 saturated carbocycles. The second kappa shape index (κ2) is 6.13. The highest BCUT2D eigenvalue weighted by molar-refractivity contribution is 5.87. The first kappa shape index (κ1) is 16.6. The van der Waals surface area contributed by atoms with Gasteiger partial charge >= 0.3 is 0 Å². The SMILES string of the molecule is CN(C(=O)C(N)CC(N)=O)C1C2CC3CC(C2)CC1C3.Cl. The number of primary amides is 1. The van der Waals surface area contributed by atoms with Gasteiger partial charge in [0.15, 0.2) is 0 Å². The molecule has 0 aromatic rings. The molecular weight excluding hydrogens is 290 g/mol. The highest BCUT2D eigenvalue weighted by Crippen LogP contribution is 2.54. The van der Waals surface area contributed by atoms with E-state index in [-0.39, 0.29) is 24.7 Å². The zero-order chi connectivity index (χ0) is 14.4. The molecule has 120 valence electrons. The quantitative estimate of drug-likeness (QED) is 0.807. The first-order valence-corrected chi connectivity index (χ1v) is 7.76. The monoisotopic (exact) mass is 315 g/mol. The summed E-state index contributed by atoms with van der Waals surface area (Å²) in [6.07, 6.45) is 6.40. The van der Waals surface area contributed by atoms with Crippen LogP contribution >= 0.6 is 12.4 Å². The van der Waals surface area contributed by atoms with Crippen molar-refractivity contribution in [2.45, 2.75) is 50.6 Å². The van der Waals surface area contributed by atoms with Crippen molar-refractivity contribution in [2.75, 3.05) is 7.05 Å². The molecule has 0 heterocycles. The summed E-state index contributed by atoms with van der Waals surface area (Å²) in [4.78, 5) is 25.2. The van der Waals surface area contributed by atoms with Gasteiger partial charge in [0.1, 0.15) is 0 Å². The summed E-state index contributed by atoms with van der Waals surface area (Å²) in [5.74, 6) is 2.42. The Hall–Kier alpha value is -0.810. The maximum Gasteiger partial charge on any atom is 0.240 e. The molecule has 0 saturated heterocycles. The van der Waals surface area contributed by atoms with Crippen LogP contribution in [0.15, 0.2) is 0 Å².